The predicted octanol–water partition coefficient (Wildman–Crippen LogP) is 2.49. The zero-order chi connectivity index (χ0) is 16.5. The van der Waals surface area contributed by atoms with E-state index in [9.17, 15) is 0 Å². The molecular formula is C16H25N6S+. The lowest BCUT2D eigenvalue weighted by Crippen LogP contribution is -2.28. The maximum absolute atomic E-state index is 5.63. The van der Waals surface area contributed by atoms with E-state index >= 15 is 0 Å². The Bertz CT molecular complexity index is 599. The first-order valence-corrected chi connectivity index (χ1v) is 8.72. The molecule has 0 saturated carbocycles. The Morgan fingerprint density at radius 1 is 1.04 bits per heavy atom. The predicted molar refractivity (Wildman–Crippen MR) is 95.7 cm³/mol. The molecule has 1 aromatic heterocycles. The lowest BCUT2D eigenvalue weighted by atomic mass is 10.2. The molecule has 6 nitrogen and oxygen atoms in total. The highest BCUT2D eigenvalue weighted by Gasteiger charge is 2.08. The third kappa shape index (κ3) is 5.38. The van der Waals surface area contributed by atoms with Crippen molar-refractivity contribution in [1.29, 1.82) is 0 Å². The molecular weight excluding hydrogens is 308 g/mol. The van der Waals surface area contributed by atoms with Gasteiger partial charge in [-0.3, -0.25) is 0 Å². The Hall–Kier alpha value is -1.83. The van der Waals surface area contributed by atoms with E-state index in [1.54, 1.807) is 11.3 Å². The van der Waals surface area contributed by atoms with Gasteiger partial charge in [-0.05, 0) is 66.6 Å². The van der Waals surface area contributed by atoms with Crippen LogP contribution in [0, 0.1) is 0 Å². The summed E-state index contributed by atoms with van der Waals surface area (Å²) in [5.74, 6) is 0. The highest BCUT2D eigenvalue weighted by atomic mass is 32.1. The molecule has 0 atom stereocenters. The van der Waals surface area contributed by atoms with Gasteiger partial charge in [0, 0.05) is 24.2 Å². The van der Waals surface area contributed by atoms with Crippen LogP contribution >= 0.6 is 11.3 Å². The van der Waals surface area contributed by atoms with Gasteiger partial charge in [0.05, 0.1) is 12.2 Å². The van der Waals surface area contributed by atoms with Crippen LogP contribution in [0.5, 0.6) is 0 Å². The molecule has 0 aliphatic carbocycles. The third-order valence-corrected chi connectivity index (χ3v) is 4.33. The zero-order valence-electron chi connectivity index (χ0n) is 13.6. The van der Waals surface area contributed by atoms with Crippen molar-refractivity contribution < 1.29 is 4.57 Å². The van der Waals surface area contributed by atoms with Gasteiger partial charge in [0.15, 0.2) is 0 Å². The number of thiazole rings is 1. The number of aryl methyl sites for hydroxylation is 1. The zero-order valence-corrected chi connectivity index (χ0v) is 14.4. The molecule has 7 heteroatoms. The number of benzene rings is 1. The lowest BCUT2D eigenvalue weighted by Gasteiger charge is -2.24. The van der Waals surface area contributed by atoms with Crippen molar-refractivity contribution in [3.63, 3.8) is 0 Å². The minimum Gasteiger partial charge on any atom is -0.371 e. The average molecular weight is 333 g/mol. The van der Waals surface area contributed by atoms with E-state index in [0.29, 0.717) is 13.1 Å². The fourth-order valence-corrected chi connectivity index (χ4v) is 2.87. The summed E-state index contributed by atoms with van der Waals surface area (Å²) in [5, 5.41) is 11.4. The van der Waals surface area contributed by atoms with Gasteiger partial charge < -0.3 is 16.4 Å². The maximum atomic E-state index is 5.63. The Kier molecular flexibility index (Phi) is 7.12. The van der Waals surface area contributed by atoms with Crippen LogP contribution in [-0.2, 0) is 7.05 Å². The maximum Gasteiger partial charge on any atom is 0.408 e. The molecule has 23 heavy (non-hydrogen) atoms. The minimum atomic E-state index is 0.698. The lowest BCUT2D eigenvalue weighted by molar-refractivity contribution is -0.654. The summed E-state index contributed by atoms with van der Waals surface area (Å²) in [4.78, 5) is 2.32. The number of azo groups is 1. The van der Waals surface area contributed by atoms with Crippen LogP contribution in [0.25, 0.3) is 0 Å². The monoisotopic (exact) mass is 333 g/mol. The smallest absolute Gasteiger partial charge is 0.371 e. The molecule has 0 aliphatic rings. The standard InChI is InChI=1S/C16H25N6S/c1-21-12-13-23-16(21)20-19-14-4-6-15(7-5-14)22(10-2-8-17)11-3-9-18/h4-7,12-13H,2-3,8-11,17-18H2,1H3/q+1. The average Bonchev–Trinajstić information content (AvgIpc) is 2.99. The largest absolute Gasteiger partial charge is 0.408 e. The molecule has 0 spiro atoms. The van der Waals surface area contributed by atoms with Crippen LogP contribution < -0.4 is 20.9 Å². The minimum absolute atomic E-state index is 0.698. The fraction of sp³-hybridized carbons (Fsp3) is 0.438. The summed E-state index contributed by atoms with van der Waals surface area (Å²) in [5.41, 5.74) is 13.3. The number of nitrogens with two attached hydrogens (primary N) is 2. The van der Waals surface area contributed by atoms with Crippen molar-refractivity contribution in [2.24, 2.45) is 28.7 Å². The first-order valence-electron chi connectivity index (χ1n) is 7.84. The molecule has 0 aliphatic heterocycles. The summed E-state index contributed by atoms with van der Waals surface area (Å²) in [6.45, 7) is 3.29. The van der Waals surface area contributed by atoms with Crippen molar-refractivity contribution in [2.75, 3.05) is 31.1 Å². The first-order chi connectivity index (χ1) is 11.2. The number of hydrogen-bond donors (Lipinski definition) is 2. The van der Waals surface area contributed by atoms with E-state index in [1.165, 1.54) is 5.69 Å². The Balaban J connectivity index is 2.04. The van der Waals surface area contributed by atoms with Crippen molar-refractivity contribution in [3.05, 3.63) is 35.8 Å². The molecule has 2 rings (SSSR count). The van der Waals surface area contributed by atoms with E-state index in [0.717, 1.165) is 36.8 Å². The number of anilines is 1. The van der Waals surface area contributed by atoms with Crippen LogP contribution in [-0.4, -0.2) is 26.2 Å². The summed E-state index contributed by atoms with van der Waals surface area (Å²) in [6.07, 6.45) is 3.91. The molecule has 2 aromatic rings. The van der Waals surface area contributed by atoms with Gasteiger partial charge in [-0.1, -0.05) is 0 Å². The normalized spacial score (nSPS) is 11.3. The summed E-state index contributed by atoms with van der Waals surface area (Å²) in [6, 6.07) is 8.14. The third-order valence-electron chi connectivity index (χ3n) is 3.49. The van der Waals surface area contributed by atoms with Crippen molar-refractivity contribution >= 4 is 27.8 Å². The van der Waals surface area contributed by atoms with E-state index in [-0.39, 0.29) is 0 Å². The SMILES string of the molecule is C[n+]1ccsc1N=Nc1ccc(N(CCCN)CCCN)cc1. The van der Waals surface area contributed by atoms with Crippen molar-refractivity contribution in [1.82, 2.24) is 0 Å². The molecule has 0 bridgehead atoms. The van der Waals surface area contributed by atoms with Gasteiger partial charge in [-0.2, -0.15) is 0 Å². The van der Waals surface area contributed by atoms with Gasteiger partial charge in [0.2, 0.25) is 0 Å². The van der Waals surface area contributed by atoms with Gasteiger partial charge >= 0.3 is 5.13 Å². The number of hydrogen-bond acceptors (Lipinski definition) is 6. The Morgan fingerprint density at radius 2 is 1.70 bits per heavy atom. The fourth-order valence-electron chi connectivity index (χ4n) is 2.19. The molecule has 1 heterocycles. The van der Waals surface area contributed by atoms with Gasteiger partial charge in [-0.15, -0.1) is 0 Å². The number of rotatable bonds is 9. The molecule has 0 saturated heterocycles. The molecule has 4 N–H and O–H groups in total. The quantitative estimate of drug-likeness (QED) is 0.546. The number of aromatic nitrogens is 1. The van der Waals surface area contributed by atoms with E-state index in [1.807, 2.05) is 35.3 Å². The van der Waals surface area contributed by atoms with Crippen LogP contribution in [0.1, 0.15) is 12.8 Å². The van der Waals surface area contributed by atoms with E-state index in [2.05, 4.69) is 27.3 Å². The summed E-state index contributed by atoms with van der Waals surface area (Å²) < 4.78 is 1.95. The highest BCUT2D eigenvalue weighted by Crippen LogP contribution is 2.22. The first kappa shape index (κ1) is 17.5. The Morgan fingerprint density at radius 3 is 2.22 bits per heavy atom. The molecule has 0 radical (unpaired) electrons. The van der Waals surface area contributed by atoms with Crippen LogP contribution in [0.3, 0.4) is 0 Å². The second kappa shape index (κ2) is 9.34. The summed E-state index contributed by atoms with van der Waals surface area (Å²) in [7, 11) is 1.96. The van der Waals surface area contributed by atoms with Gasteiger partial charge in [-0.25, -0.2) is 4.57 Å². The molecule has 1 aromatic carbocycles. The summed E-state index contributed by atoms with van der Waals surface area (Å²) >= 11 is 1.57. The Labute approximate surface area is 141 Å². The second-order valence-corrected chi connectivity index (χ2v) is 6.16. The van der Waals surface area contributed by atoms with Crippen LogP contribution in [0.2, 0.25) is 0 Å². The van der Waals surface area contributed by atoms with Crippen LogP contribution in [0.15, 0.2) is 46.1 Å². The molecule has 124 valence electrons. The molecule has 0 amide bonds. The van der Waals surface area contributed by atoms with E-state index in [4.69, 9.17) is 11.5 Å². The van der Waals surface area contributed by atoms with Gasteiger partial charge in [0.25, 0.3) is 0 Å². The van der Waals surface area contributed by atoms with Crippen molar-refractivity contribution in [2.45, 2.75) is 12.8 Å². The number of nitrogens with zero attached hydrogens (tertiary/aromatic N) is 4. The van der Waals surface area contributed by atoms with E-state index < -0.39 is 0 Å². The van der Waals surface area contributed by atoms with Crippen molar-refractivity contribution in [3.8, 4) is 0 Å². The van der Waals surface area contributed by atoms with Gasteiger partial charge in [0.1, 0.15) is 11.9 Å². The van der Waals surface area contributed by atoms with Crippen LogP contribution in [0.4, 0.5) is 16.5 Å². The second-order valence-electron chi connectivity index (χ2n) is 5.28. The molecule has 0 unspecified atom stereocenters. The topological polar surface area (TPSA) is 83.9 Å². The molecule has 0 fully saturated rings. The highest BCUT2D eigenvalue weighted by molar-refractivity contribution is 7.12.